The highest BCUT2D eigenvalue weighted by Gasteiger charge is 2.15. The lowest BCUT2D eigenvalue weighted by Gasteiger charge is -2.23. The van der Waals surface area contributed by atoms with E-state index in [2.05, 4.69) is 53.5 Å². The largest absolute Gasteiger partial charge is 0.341 e. The minimum atomic E-state index is -0.157. The van der Waals surface area contributed by atoms with E-state index in [0.717, 1.165) is 31.7 Å². The summed E-state index contributed by atoms with van der Waals surface area (Å²) in [6, 6.07) is 9.58. The Hall–Kier alpha value is -2.90. The second-order valence-electron chi connectivity index (χ2n) is 5.94. The fraction of sp³-hybridized carbons (Fsp3) is 0.474. The lowest BCUT2D eigenvalue weighted by Crippen LogP contribution is -2.33. The number of carbonyl (C=O) groups excluding carboxylic acids is 1. The van der Waals surface area contributed by atoms with E-state index in [4.69, 9.17) is 0 Å². The third kappa shape index (κ3) is 5.80. The summed E-state index contributed by atoms with van der Waals surface area (Å²) in [7, 11) is 0. The van der Waals surface area contributed by atoms with Gasteiger partial charge in [-0.25, -0.2) is 0 Å². The van der Waals surface area contributed by atoms with Gasteiger partial charge in [-0.3, -0.25) is 15.6 Å². The number of nitrogens with one attached hydrogen (secondary N) is 2. The lowest BCUT2D eigenvalue weighted by molar-refractivity contribution is -0.119. The predicted molar refractivity (Wildman–Crippen MR) is 109 cm³/mol. The van der Waals surface area contributed by atoms with Crippen molar-refractivity contribution in [1.82, 2.24) is 20.4 Å². The van der Waals surface area contributed by atoms with E-state index in [-0.39, 0.29) is 12.3 Å². The summed E-state index contributed by atoms with van der Waals surface area (Å²) in [6.45, 7) is 11.4. The smallest absolute Gasteiger partial charge is 0.248 e. The summed E-state index contributed by atoms with van der Waals surface area (Å²) in [4.78, 5) is 29.8. The highest BCUT2D eigenvalue weighted by molar-refractivity contribution is 5.79. The second kappa shape index (κ2) is 10.3. The maximum absolute atomic E-state index is 12.2. The van der Waals surface area contributed by atoms with Gasteiger partial charge in [-0.2, -0.15) is 15.0 Å². The molecule has 0 radical (unpaired) electrons. The zero-order valence-electron chi connectivity index (χ0n) is 16.6. The molecule has 0 spiro atoms. The van der Waals surface area contributed by atoms with Crippen molar-refractivity contribution in [3.8, 4) is 0 Å². The summed E-state index contributed by atoms with van der Waals surface area (Å²) < 4.78 is 0. The van der Waals surface area contributed by atoms with Gasteiger partial charge in [-0.15, -0.1) is 0 Å². The maximum atomic E-state index is 12.2. The van der Waals surface area contributed by atoms with Crippen LogP contribution in [0.4, 0.5) is 17.8 Å². The van der Waals surface area contributed by atoms with Gasteiger partial charge in [-0.05, 0) is 33.3 Å². The molecule has 8 heteroatoms. The van der Waals surface area contributed by atoms with E-state index >= 15 is 0 Å². The zero-order chi connectivity index (χ0) is 19.6. The van der Waals surface area contributed by atoms with Gasteiger partial charge in [0, 0.05) is 26.2 Å². The van der Waals surface area contributed by atoms with Crippen molar-refractivity contribution < 1.29 is 4.79 Å². The third-order valence-electron chi connectivity index (χ3n) is 4.23. The molecule has 27 heavy (non-hydrogen) atoms. The SMILES string of the molecule is CCN(CC)c1nc(NNC(=O)Cc2ccccc2)nc(N(CC)CC)n1. The number of carbonyl (C=O) groups is 1. The minimum Gasteiger partial charge on any atom is -0.341 e. The monoisotopic (exact) mass is 371 g/mol. The molecule has 0 unspecified atom stereocenters. The van der Waals surface area contributed by atoms with Gasteiger partial charge in [0.1, 0.15) is 0 Å². The van der Waals surface area contributed by atoms with E-state index in [0.29, 0.717) is 17.8 Å². The number of hydrazine groups is 1. The molecular weight excluding hydrogens is 342 g/mol. The highest BCUT2D eigenvalue weighted by atomic mass is 16.2. The molecule has 0 atom stereocenters. The summed E-state index contributed by atoms with van der Waals surface area (Å²) in [5, 5.41) is 0. The number of hydrogen-bond acceptors (Lipinski definition) is 7. The van der Waals surface area contributed by atoms with Crippen LogP contribution in [-0.4, -0.2) is 47.0 Å². The van der Waals surface area contributed by atoms with Crippen molar-refractivity contribution in [3.05, 3.63) is 35.9 Å². The number of anilines is 3. The van der Waals surface area contributed by atoms with Crippen LogP contribution in [0, 0.1) is 0 Å². The Kier molecular flexibility index (Phi) is 7.79. The number of amides is 1. The molecule has 2 aromatic rings. The Bertz CT molecular complexity index is 685. The first-order valence-electron chi connectivity index (χ1n) is 9.45. The molecule has 2 rings (SSSR count). The quantitative estimate of drug-likeness (QED) is 0.620. The van der Waals surface area contributed by atoms with Crippen LogP contribution in [0.15, 0.2) is 30.3 Å². The molecule has 1 aromatic carbocycles. The van der Waals surface area contributed by atoms with Crippen LogP contribution in [0.25, 0.3) is 0 Å². The molecule has 0 aliphatic carbocycles. The molecule has 2 N–H and O–H groups in total. The number of hydrogen-bond donors (Lipinski definition) is 2. The standard InChI is InChI=1S/C19H29N7O/c1-5-25(6-2)18-20-17(21-19(22-18)26(7-3)8-4)24-23-16(27)14-15-12-10-9-11-13-15/h9-13H,5-8,14H2,1-4H3,(H,23,27)(H,20,21,22,24). The first-order chi connectivity index (χ1) is 13.1. The van der Waals surface area contributed by atoms with Crippen molar-refractivity contribution >= 4 is 23.8 Å². The van der Waals surface area contributed by atoms with E-state index in [1.807, 2.05) is 40.1 Å². The number of nitrogens with zero attached hydrogens (tertiary/aromatic N) is 5. The summed E-state index contributed by atoms with van der Waals surface area (Å²) in [5.74, 6) is 1.36. The zero-order valence-corrected chi connectivity index (χ0v) is 16.6. The van der Waals surface area contributed by atoms with Gasteiger partial charge < -0.3 is 9.80 Å². The van der Waals surface area contributed by atoms with Gasteiger partial charge >= 0.3 is 0 Å². The number of benzene rings is 1. The first kappa shape index (κ1) is 20.4. The summed E-state index contributed by atoms with van der Waals surface area (Å²) >= 11 is 0. The molecule has 0 saturated carbocycles. The molecule has 0 aliphatic heterocycles. The van der Waals surface area contributed by atoms with Crippen molar-refractivity contribution in [2.75, 3.05) is 41.4 Å². The molecule has 0 bridgehead atoms. The highest BCUT2D eigenvalue weighted by Crippen LogP contribution is 2.16. The lowest BCUT2D eigenvalue weighted by atomic mass is 10.1. The predicted octanol–water partition coefficient (Wildman–Crippen LogP) is 2.25. The Morgan fingerprint density at radius 1 is 0.852 bits per heavy atom. The molecule has 1 aromatic heterocycles. The Balaban J connectivity index is 2.15. The van der Waals surface area contributed by atoms with Crippen LogP contribution in [0.1, 0.15) is 33.3 Å². The third-order valence-corrected chi connectivity index (χ3v) is 4.23. The summed E-state index contributed by atoms with van der Waals surface area (Å²) in [5.41, 5.74) is 6.45. The topological polar surface area (TPSA) is 86.3 Å². The van der Waals surface area contributed by atoms with Gasteiger partial charge in [0.2, 0.25) is 23.8 Å². The molecule has 8 nitrogen and oxygen atoms in total. The minimum absolute atomic E-state index is 0.157. The van der Waals surface area contributed by atoms with Crippen LogP contribution in [0.3, 0.4) is 0 Å². The van der Waals surface area contributed by atoms with E-state index in [9.17, 15) is 4.79 Å². The molecule has 1 heterocycles. The van der Waals surface area contributed by atoms with Gasteiger partial charge in [0.05, 0.1) is 6.42 Å². The van der Waals surface area contributed by atoms with Crippen molar-refractivity contribution in [2.45, 2.75) is 34.1 Å². The van der Waals surface area contributed by atoms with E-state index in [1.54, 1.807) is 0 Å². The molecule has 0 fully saturated rings. The van der Waals surface area contributed by atoms with Crippen LogP contribution in [-0.2, 0) is 11.2 Å². The van der Waals surface area contributed by atoms with Crippen LogP contribution in [0.2, 0.25) is 0 Å². The number of aromatic nitrogens is 3. The first-order valence-corrected chi connectivity index (χ1v) is 9.45. The van der Waals surface area contributed by atoms with Crippen molar-refractivity contribution in [2.24, 2.45) is 0 Å². The van der Waals surface area contributed by atoms with Crippen molar-refractivity contribution in [3.63, 3.8) is 0 Å². The van der Waals surface area contributed by atoms with Gasteiger partial charge in [-0.1, -0.05) is 30.3 Å². The van der Waals surface area contributed by atoms with Crippen LogP contribution in [0.5, 0.6) is 0 Å². The molecule has 146 valence electrons. The Morgan fingerprint density at radius 3 is 1.85 bits per heavy atom. The average Bonchev–Trinajstić information content (AvgIpc) is 2.69. The molecule has 0 aliphatic rings. The van der Waals surface area contributed by atoms with Crippen LogP contribution < -0.4 is 20.7 Å². The molecular formula is C19H29N7O. The second-order valence-corrected chi connectivity index (χ2v) is 5.94. The normalized spacial score (nSPS) is 10.4. The van der Waals surface area contributed by atoms with E-state index in [1.165, 1.54) is 0 Å². The van der Waals surface area contributed by atoms with Gasteiger partial charge in [0.15, 0.2) is 0 Å². The Morgan fingerprint density at radius 2 is 1.37 bits per heavy atom. The van der Waals surface area contributed by atoms with E-state index < -0.39 is 0 Å². The molecule has 0 saturated heterocycles. The maximum Gasteiger partial charge on any atom is 0.248 e. The number of rotatable bonds is 10. The van der Waals surface area contributed by atoms with Crippen LogP contribution >= 0.6 is 0 Å². The summed E-state index contributed by atoms with van der Waals surface area (Å²) in [6.07, 6.45) is 0.282. The fourth-order valence-electron chi connectivity index (χ4n) is 2.66. The van der Waals surface area contributed by atoms with Crippen molar-refractivity contribution in [1.29, 1.82) is 0 Å². The fourth-order valence-corrected chi connectivity index (χ4v) is 2.66. The Labute approximate surface area is 161 Å². The van der Waals surface area contributed by atoms with Gasteiger partial charge in [0.25, 0.3) is 0 Å². The average molecular weight is 371 g/mol. The molecule has 1 amide bonds.